The highest BCUT2D eigenvalue weighted by atomic mass is 16.5. The van der Waals surface area contributed by atoms with Gasteiger partial charge in [-0.25, -0.2) is 0 Å². The van der Waals surface area contributed by atoms with Crippen molar-refractivity contribution >= 4 is 17.5 Å². The van der Waals surface area contributed by atoms with Gasteiger partial charge in [0.2, 0.25) is 5.91 Å². The molecule has 0 aliphatic carbocycles. The zero-order valence-corrected chi connectivity index (χ0v) is 14.2. The number of nitrogens with one attached hydrogen (secondary N) is 1. The van der Waals surface area contributed by atoms with Gasteiger partial charge in [-0.3, -0.25) is 9.59 Å². The van der Waals surface area contributed by atoms with Gasteiger partial charge < -0.3 is 19.7 Å². The van der Waals surface area contributed by atoms with Crippen molar-refractivity contribution in [1.82, 2.24) is 5.32 Å². The monoisotopic (exact) mass is 340 g/mol. The van der Waals surface area contributed by atoms with E-state index in [4.69, 9.17) is 9.47 Å². The van der Waals surface area contributed by atoms with Crippen molar-refractivity contribution in [3.8, 4) is 11.5 Å². The van der Waals surface area contributed by atoms with Crippen LogP contribution < -0.4 is 19.7 Å². The average Bonchev–Trinajstić information content (AvgIpc) is 3.02. The summed E-state index contributed by atoms with van der Waals surface area (Å²) >= 11 is 0. The molecule has 1 aliphatic rings. The van der Waals surface area contributed by atoms with E-state index >= 15 is 0 Å². The molecule has 0 unspecified atom stereocenters. The van der Waals surface area contributed by atoms with Gasteiger partial charge in [-0.15, -0.1) is 0 Å². The van der Waals surface area contributed by atoms with Gasteiger partial charge in [0.25, 0.3) is 5.91 Å². The molecule has 1 N–H and O–H groups in total. The minimum Gasteiger partial charge on any atom is -0.497 e. The molecule has 6 nitrogen and oxygen atoms in total. The molecule has 1 saturated heterocycles. The number of benzene rings is 2. The number of carbonyl (C=O) groups excluding carboxylic acids is 2. The highest BCUT2D eigenvalue weighted by Crippen LogP contribution is 2.25. The first-order valence-electron chi connectivity index (χ1n) is 8.00. The fraction of sp³-hybridized carbons (Fsp3) is 0.263. The van der Waals surface area contributed by atoms with Crippen molar-refractivity contribution in [2.75, 3.05) is 25.7 Å². The van der Waals surface area contributed by atoms with Gasteiger partial charge in [0.1, 0.15) is 11.5 Å². The number of rotatable bonds is 5. The number of hydrogen-bond donors (Lipinski definition) is 1. The minimum absolute atomic E-state index is 0.0239. The van der Waals surface area contributed by atoms with Crippen LogP contribution in [0.4, 0.5) is 5.69 Å². The van der Waals surface area contributed by atoms with E-state index in [1.165, 1.54) is 0 Å². The van der Waals surface area contributed by atoms with Crippen LogP contribution in [-0.2, 0) is 4.79 Å². The van der Waals surface area contributed by atoms with E-state index in [-0.39, 0.29) is 24.3 Å². The maximum absolute atomic E-state index is 12.4. The molecule has 0 spiro atoms. The summed E-state index contributed by atoms with van der Waals surface area (Å²) in [5.41, 5.74) is 1.27. The first kappa shape index (κ1) is 16.8. The number of nitrogens with zero attached hydrogens (tertiary/aromatic N) is 1. The summed E-state index contributed by atoms with van der Waals surface area (Å²) in [5.74, 6) is 1.07. The standard InChI is InChI=1S/C19H20N2O4/c1-24-16-7-3-5-13(9-16)19(23)20-14-10-18(22)21(12-14)15-6-4-8-17(11-15)25-2/h3-9,11,14H,10,12H2,1-2H3,(H,20,23)/t14-/m0/s1. The van der Waals surface area contributed by atoms with Crippen LogP contribution in [0.15, 0.2) is 48.5 Å². The molecule has 0 saturated carbocycles. The van der Waals surface area contributed by atoms with Crippen LogP contribution >= 0.6 is 0 Å². The molecule has 0 bridgehead atoms. The van der Waals surface area contributed by atoms with Gasteiger partial charge in [0.05, 0.1) is 20.3 Å². The maximum atomic E-state index is 12.4. The van der Waals surface area contributed by atoms with Gasteiger partial charge in [0, 0.05) is 30.3 Å². The molecule has 1 aliphatic heterocycles. The van der Waals surface area contributed by atoms with Crippen LogP contribution in [0.25, 0.3) is 0 Å². The summed E-state index contributed by atoms with van der Waals surface area (Å²) in [7, 11) is 3.14. The summed E-state index contributed by atoms with van der Waals surface area (Å²) in [6, 6.07) is 14.0. The first-order chi connectivity index (χ1) is 12.1. The number of carbonyl (C=O) groups is 2. The number of amides is 2. The summed E-state index contributed by atoms with van der Waals surface area (Å²) in [5, 5.41) is 2.92. The summed E-state index contributed by atoms with van der Waals surface area (Å²) in [4.78, 5) is 26.4. The van der Waals surface area contributed by atoms with Crippen molar-refractivity contribution in [2.24, 2.45) is 0 Å². The molecule has 2 amide bonds. The molecule has 2 aromatic rings. The largest absolute Gasteiger partial charge is 0.497 e. The predicted octanol–water partition coefficient (Wildman–Crippen LogP) is 2.24. The second-order valence-electron chi connectivity index (χ2n) is 5.81. The number of ether oxygens (including phenoxy) is 2. The summed E-state index contributed by atoms with van der Waals surface area (Å²) < 4.78 is 10.3. The van der Waals surface area contributed by atoms with Gasteiger partial charge >= 0.3 is 0 Å². The topological polar surface area (TPSA) is 67.9 Å². The molecule has 6 heteroatoms. The lowest BCUT2D eigenvalue weighted by Crippen LogP contribution is -2.37. The van der Waals surface area contributed by atoms with Crippen molar-refractivity contribution in [1.29, 1.82) is 0 Å². The van der Waals surface area contributed by atoms with Crippen molar-refractivity contribution in [3.63, 3.8) is 0 Å². The van der Waals surface area contributed by atoms with Crippen molar-refractivity contribution in [3.05, 3.63) is 54.1 Å². The highest BCUT2D eigenvalue weighted by Gasteiger charge is 2.32. The van der Waals surface area contributed by atoms with Crippen LogP contribution in [-0.4, -0.2) is 38.6 Å². The van der Waals surface area contributed by atoms with Crippen LogP contribution in [0.3, 0.4) is 0 Å². The average molecular weight is 340 g/mol. The normalized spacial score (nSPS) is 16.6. The molecule has 1 atom stereocenters. The van der Waals surface area contributed by atoms with E-state index in [2.05, 4.69) is 5.32 Å². The lowest BCUT2D eigenvalue weighted by Gasteiger charge is -2.18. The summed E-state index contributed by atoms with van der Waals surface area (Å²) in [6.45, 7) is 0.432. The first-order valence-corrected chi connectivity index (χ1v) is 8.00. The predicted molar refractivity (Wildman–Crippen MR) is 94.2 cm³/mol. The van der Waals surface area contributed by atoms with E-state index in [9.17, 15) is 9.59 Å². The number of methoxy groups -OCH3 is 2. The Hall–Kier alpha value is -3.02. The zero-order chi connectivity index (χ0) is 17.8. The minimum atomic E-state index is -0.239. The molecule has 1 fully saturated rings. The van der Waals surface area contributed by atoms with Crippen molar-refractivity contribution in [2.45, 2.75) is 12.5 Å². The lowest BCUT2D eigenvalue weighted by atomic mass is 10.1. The van der Waals surface area contributed by atoms with E-state index in [1.807, 2.05) is 24.3 Å². The lowest BCUT2D eigenvalue weighted by molar-refractivity contribution is -0.117. The Morgan fingerprint density at radius 2 is 1.76 bits per heavy atom. The quantitative estimate of drug-likeness (QED) is 0.906. The third kappa shape index (κ3) is 3.74. The Balaban J connectivity index is 1.68. The fourth-order valence-electron chi connectivity index (χ4n) is 2.87. The maximum Gasteiger partial charge on any atom is 0.251 e. The van der Waals surface area contributed by atoms with Crippen LogP contribution in [0, 0.1) is 0 Å². The molecule has 0 aromatic heterocycles. The van der Waals surface area contributed by atoms with Gasteiger partial charge in [0.15, 0.2) is 0 Å². The Labute approximate surface area is 146 Å². The third-order valence-electron chi connectivity index (χ3n) is 4.16. The van der Waals surface area contributed by atoms with E-state index in [1.54, 1.807) is 43.4 Å². The van der Waals surface area contributed by atoms with E-state index in [0.717, 1.165) is 5.69 Å². The van der Waals surface area contributed by atoms with E-state index < -0.39 is 0 Å². The Kier molecular flexibility index (Phi) is 4.88. The van der Waals surface area contributed by atoms with Crippen LogP contribution in [0.2, 0.25) is 0 Å². The van der Waals surface area contributed by atoms with Crippen LogP contribution in [0.5, 0.6) is 11.5 Å². The molecule has 2 aromatic carbocycles. The Morgan fingerprint density at radius 3 is 2.48 bits per heavy atom. The SMILES string of the molecule is COc1cccc(C(=O)N[C@H]2CC(=O)N(c3cccc(OC)c3)C2)c1. The number of anilines is 1. The van der Waals surface area contributed by atoms with E-state index in [0.29, 0.717) is 23.6 Å². The molecule has 0 radical (unpaired) electrons. The Bertz CT molecular complexity index is 790. The second-order valence-corrected chi connectivity index (χ2v) is 5.81. The molecular weight excluding hydrogens is 320 g/mol. The highest BCUT2D eigenvalue weighted by molar-refractivity contribution is 5.99. The van der Waals surface area contributed by atoms with Gasteiger partial charge in [-0.2, -0.15) is 0 Å². The second kappa shape index (κ2) is 7.25. The molecular formula is C19H20N2O4. The van der Waals surface area contributed by atoms with Crippen molar-refractivity contribution < 1.29 is 19.1 Å². The van der Waals surface area contributed by atoms with Crippen LogP contribution in [0.1, 0.15) is 16.8 Å². The molecule has 130 valence electrons. The fourth-order valence-corrected chi connectivity index (χ4v) is 2.87. The number of hydrogen-bond acceptors (Lipinski definition) is 4. The zero-order valence-electron chi connectivity index (χ0n) is 14.2. The molecule has 25 heavy (non-hydrogen) atoms. The molecule has 1 heterocycles. The smallest absolute Gasteiger partial charge is 0.251 e. The Morgan fingerprint density at radius 1 is 1.08 bits per heavy atom. The molecule has 3 rings (SSSR count). The van der Waals surface area contributed by atoms with Gasteiger partial charge in [-0.05, 0) is 30.3 Å². The third-order valence-corrected chi connectivity index (χ3v) is 4.16. The summed E-state index contributed by atoms with van der Waals surface area (Å²) in [6.07, 6.45) is 0.271. The van der Waals surface area contributed by atoms with Gasteiger partial charge in [-0.1, -0.05) is 12.1 Å².